The lowest BCUT2D eigenvalue weighted by Gasteiger charge is -2.24. The first-order valence-corrected chi connectivity index (χ1v) is 18.7. The van der Waals surface area contributed by atoms with Crippen molar-refractivity contribution in [2.24, 2.45) is 0 Å². The lowest BCUT2D eigenvalue weighted by atomic mass is 9.79. The van der Waals surface area contributed by atoms with Crippen molar-refractivity contribution in [2.45, 2.75) is 19.3 Å². The van der Waals surface area contributed by atoms with E-state index in [0.29, 0.717) is 0 Å². The smallest absolute Gasteiger partial charge is 0.0165 e. The van der Waals surface area contributed by atoms with E-state index in [-0.39, 0.29) is 5.41 Å². The Morgan fingerprint density at radius 1 is 0.302 bits per heavy atom. The van der Waals surface area contributed by atoms with Crippen molar-refractivity contribution in [1.29, 1.82) is 0 Å². The van der Waals surface area contributed by atoms with Crippen LogP contribution in [0.25, 0.3) is 98.4 Å². The minimum atomic E-state index is -0.119. The van der Waals surface area contributed by atoms with E-state index in [1.807, 2.05) is 0 Å². The van der Waals surface area contributed by atoms with E-state index >= 15 is 0 Å². The minimum absolute atomic E-state index is 0.119. The Morgan fingerprint density at radius 3 is 1.53 bits per heavy atom. The van der Waals surface area contributed by atoms with Crippen LogP contribution in [0.15, 0.2) is 182 Å². The van der Waals surface area contributed by atoms with Gasteiger partial charge in [-0.25, -0.2) is 0 Å². The number of benzene rings is 10. The molecular formula is C53H36. The van der Waals surface area contributed by atoms with Gasteiger partial charge in [-0.3, -0.25) is 0 Å². The fourth-order valence-corrected chi connectivity index (χ4v) is 9.54. The quantitative estimate of drug-likeness (QED) is 0.164. The molecule has 0 nitrogen and oxygen atoms in total. The molecule has 1 aliphatic carbocycles. The Morgan fingerprint density at radius 2 is 0.811 bits per heavy atom. The second kappa shape index (κ2) is 11.2. The van der Waals surface area contributed by atoms with Crippen molar-refractivity contribution >= 4 is 53.9 Å². The van der Waals surface area contributed by atoms with Crippen LogP contribution in [0.4, 0.5) is 0 Å². The van der Waals surface area contributed by atoms with Gasteiger partial charge in [0.05, 0.1) is 0 Å². The van der Waals surface area contributed by atoms with E-state index < -0.39 is 0 Å². The molecule has 0 aromatic heterocycles. The third kappa shape index (κ3) is 4.42. The van der Waals surface area contributed by atoms with Crippen molar-refractivity contribution in [3.05, 3.63) is 193 Å². The predicted octanol–water partition coefficient (Wildman–Crippen LogP) is 14.8. The average molecular weight is 673 g/mol. The molecule has 0 heterocycles. The van der Waals surface area contributed by atoms with Crippen molar-refractivity contribution in [3.63, 3.8) is 0 Å². The van der Waals surface area contributed by atoms with Gasteiger partial charge >= 0.3 is 0 Å². The molecule has 0 radical (unpaired) electrons. The molecule has 1 aliphatic rings. The molecule has 0 saturated carbocycles. The van der Waals surface area contributed by atoms with Crippen molar-refractivity contribution < 1.29 is 0 Å². The molecule has 0 amide bonds. The molecule has 0 bridgehead atoms. The third-order valence-corrected chi connectivity index (χ3v) is 12.0. The monoisotopic (exact) mass is 672 g/mol. The van der Waals surface area contributed by atoms with Gasteiger partial charge in [0.1, 0.15) is 0 Å². The Balaban J connectivity index is 1.16. The van der Waals surface area contributed by atoms with E-state index in [4.69, 9.17) is 0 Å². The summed E-state index contributed by atoms with van der Waals surface area (Å²) in [5.41, 5.74) is 13.0. The highest BCUT2D eigenvalue weighted by Gasteiger charge is 2.37. The second-order valence-corrected chi connectivity index (χ2v) is 15.2. The van der Waals surface area contributed by atoms with Crippen LogP contribution in [0.1, 0.15) is 25.0 Å². The lowest BCUT2D eigenvalue weighted by Crippen LogP contribution is -2.15. The second-order valence-electron chi connectivity index (χ2n) is 15.2. The molecule has 53 heavy (non-hydrogen) atoms. The van der Waals surface area contributed by atoms with E-state index in [0.717, 1.165) is 0 Å². The van der Waals surface area contributed by atoms with Gasteiger partial charge in [-0.2, -0.15) is 0 Å². The summed E-state index contributed by atoms with van der Waals surface area (Å²) >= 11 is 0. The summed E-state index contributed by atoms with van der Waals surface area (Å²) in [5.74, 6) is 0. The maximum atomic E-state index is 2.47. The zero-order valence-electron chi connectivity index (χ0n) is 29.8. The molecule has 10 aromatic rings. The number of hydrogen-bond acceptors (Lipinski definition) is 0. The predicted molar refractivity (Wildman–Crippen MR) is 228 cm³/mol. The minimum Gasteiger partial charge on any atom is -0.0616 e. The van der Waals surface area contributed by atoms with Gasteiger partial charge in [-0.1, -0.05) is 172 Å². The number of fused-ring (bicyclic) bond motifs is 9. The van der Waals surface area contributed by atoms with Gasteiger partial charge in [0.25, 0.3) is 0 Å². The van der Waals surface area contributed by atoms with E-state index in [1.54, 1.807) is 0 Å². The third-order valence-electron chi connectivity index (χ3n) is 12.0. The molecule has 0 heteroatoms. The summed E-state index contributed by atoms with van der Waals surface area (Å²) in [6.45, 7) is 4.80. The summed E-state index contributed by atoms with van der Waals surface area (Å²) in [4.78, 5) is 0. The first kappa shape index (κ1) is 30.2. The SMILES string of the molecule is CC1(C)c2cc(-c3cc(-c4c5ccccc5c(-c5ccc6ccccc6c5)c5ccccc45)c4ccccc4c3)ccc2-c2ccc3ccccc3c21. The fourth-order valence-electron chi connectivity index (χ4n) is 9.54. The Kier molecular flexibility index (Phi) is 6.40. The molecule has 0 unspecified atom stereocenters. The lowest BCUT2D eigenvalue weighted by molar-refractivity contribution is 0.666. The maximum absolute atomic E-state index is 2.47. The highest BCUT2D eigenvalue weighted by Crippen LogP contribution is 2.53. The highest BCUT2D eigenvalue weighted by molar-refractivity contribution is 6.24. The van der Waals surface area contributed by atoms with Crippen molar-refractivity contribution in [3.8, 4) is 44.5 Å². The normalized spacial score (nSPS) is 13.2. The first-order valence-electron chi connectivity index (χ1n) is 18.7. The van der Waals surface area contributed by atoms with E-state index in [1.165, 1.54) is 109 Å². The Labute approximate surface area is 309 Å². The summed E-state index contributed by atoms with van der Waals surface area (Å²) in [6.07, 6.45) is 0. The van der Waals surface area contributed by atoms with Crippen LogP contribution in [0, 0.1) is 0 Å². The molecule has 0 saturated heterocycles. The molecule has 248 valence electrons. The van der Waals surface area contributed by atoms with Crippen LogP contribution in [-0.2, 0) is 5.41 Å². The molecule has 0 atom stereocenters. The van der Waals surface area contributed by atoms with Crippen LogP contribution in [0.2, 0.25) is 0 Å². The summed E-state index contributed by atoms with van der Waals surface area (Å²) in [6, 6.07) is 68.0. The summed E-state index contributed by atoms with van der Waals surface area (Å²) in [5, 5.41) is 12.8. The van der Waals surface area contributed by atoms with Crippen LogP contribution in [0.3, 0.4) is 0 Å². The summed E-state index contributed by atoms with van der Waals surface area (Å²) < 4.78 is 0. The largest absolute Gasteiger partial charge is 0.0616 e. The Bertz CT molecular complexity index is 3080. The van der Waals surface area contributed by atoms with Crippen molar-refractivity contribution in [2.75, 3.05) is 0 Å². The molecule has 0 aliphatic heterocycles. The van der Waals surface area contributed by atoms with E-state index in [2.05, 4.69) is 196 Å². The molecule has 0 fully saturated rings. The number of hydrogen-bond donors (Lipinski definition) is 0. The zero-order chi connectivity index (χ0) is 35.3. The van der Waals surface area contributed by atoms with Gasteiger partial charge < -0.3 is 0 Å². The first-order chi connectivity index (χ1) is 26.0. The van der Waals surface area contributed by atoms with E-state index in [9.17, 15) is 0 Å². The summed E-state index contributed by atoms with van der Waals surface area (Å²) in [7, 11) is 0. The number of rotatable bonds is 3. The van der Waals surface area contributed by atoms with Gasteiger partial charge in [0, 0.05) is 5.41 Å². The van der Waals surface area contributed by atoms with Crippen LogP contribution in [-0.4, -0.2) is 0 Å². The van der Waals surface area contributed by atoms with Crippen LogP contribution >= 0.6 is 0 Å². The van der Waals surface area contributed by atoms with Gasteiger partial charge in [-0.15, -0.1) is 0 Å². The average Bonchev–Trinajstić information content (AvgIpc) is 3.45. The van der Waals surface area contributed by atoms with Gasteiger partial charge in [0.2, 0.25) is 0 Å². The van der Waals surface area contributed by atoms with Crippen LogP contribution in [0.5, 0.6) is 0 Å². The maximum Gasteiger partial charge on any atom is 0.0165 e. The molecule has 10 aromatic carbocycles. The molecule has 11 rings (SSSR count). The Hall–Kier alpha value is -6.50. The standard InChI is InChI=1S/C53H36/c1-53(2)49-32-36(26-27-42(49)47-28-25-34-14-5-8-18-41(34)52(47)53)39-30-37-16-6-7-17-40(37)48(31-39)51-45-21-11-9-19-43(45)50(44-20-10-12-22-46(44)51)38-24-23-33-13-3-4-15-35(33)29-38/h3-32H,1-2H3. The van der Waals surface area contributed by atoms with Gasteiger partial charge in [-0.05, 0) is 134 Å². The topological polar surface area (TPSA) is 0 Å². The van der Waals surface area contributed by atoms with Gasteiger partial charge in [0.15, 0.2) is 0 Å². The fraction of sp³-hybridized carbons (Fsp3) is 0.0566. The highest BCUT2D eigenvalue weighted by atomic mass is 14.4. The molecule has 0 spiro atoms. The molecule has 0 N–H and O–H groups in total. The van der Waals surface area contributed by atoms with Crippen molar-refractivity contribution in [1.82, 2.24) is 0 Å². The zero-order valence-corrected chi connectivity index (χ0v) is 29.8. The molecular weight excluding hydrogens is 637 g/mol. The van der Waals surface area contributed by atoms with Crippen LogP contribution < -0.4 is 0 Å².